The molecule has 3 nitrogen and oxygen atoms in total. The molecule has 1 heterocycles. The van der Waals surface area contributed by atoms with E-state index in [2.05, 4.69) is 6.58 Å². The fourth-order valence-corrected chi connectivity index (χ4v) is 1.96. The Morgan fingerprint density at radius 2 is 2.18 bits per heavy atom. The number of hydrogen-bond acceptors (Lipinski definition) is 3. The average molecular weight is 232 g/mol. The van der Waals surface area contributed by atoms with Crippen LogP contribution in [0.1, 0.15) is 29.8 Å². The minimum Gasteiger partial charge on any atom is -0.493 e. The van der Waals surface area contributed by atoms with Crippen molar-refractivity contribution < 1.29 is 14.3 Å². The summed E-state index contributed by atoms with van der Waals surface area (Å²) < 4.78 is 11.1. The monoisotopic (exact) mass is 232 g/mol. The van der Waals surface area contributed by atoms with Crippen molar-refractivity contribution in [3.8, 4) is 11.5 Å². The van der Waals surface area contributed by atoms with Crippen LogP contribution in [0.4, 0.5) is 0 Å². The Morgan fingerprint density at radius 3 is 2.71 bits per heavy atom. The summed E-state index contributed by atoms with van der Waals surface area (Å²) in [6.45, 7) is 7.39. The standard InChI is InChI=1S/C14H16O3/c1-8(2)12-7-11-5-10(9(3)15)6-13(16-4)14(11)17-12/h5-6,12H,1,7H2,2-4H3. The van der Waals surface area contributed by atoms with E-state index in [-0.39, 0.29) is 11.9 Å². The lowest BCUT2D eigenvalue weighted by molar-refractivity contribution is 0.101. The van der Waals surface area contributed by atoms with Gasteiger partial charge < -0.3 is 9.47 Å². The highest BCUT2D eigenvalue weighted by Gasteiger charge is 2.27. The molecule has 1 aromatic carbocycles. The zero-order chi connectivity index (χ0) is 12.6. The van der Waals surface area contributed by atoms with Gasteiger partial charge in [-0.25, -0.2) is 0 Å². The number of ether oxygens (including phenoxy) is 2. The number of carbonyl (C=O) groups is 1. The van der Waals surface area contributed by atoms with Crippen molar-refractivity contribution in [2.45, 2.75) is 26.4 Å². The molecular weight excluding hydrogens is 216 g/mol. The lowest BCUT2D eigenvalue weighted by Crippen LogP contribution is -2.13. The molecule has 0 spiro atoms. The van der Waals surface area contributed by atoms with Crippen molar-refractivity contribution in [1.82, 2.24) is 0 Å². The van der Waals surface area contributed by atoms with Gasteiger partial charge in [0.1, 0.15) is 6.10 Å². The molecule has 1 atom stereocenters. The van der Waals surface area contributed by atoms with E-state index in [4.69, 9.17) is 9.47 Å². The van der Waals surface area contributed by atoms with E-state index in [1.165, 1.54) is 0 Å². The molecule has 0 radical (unpaired) electrons. The molecule has 0 amide bonds. The van der Waals surface area contributed by atoms with Crippen LogP contribution in [0.25, 0.3) is 0 Å². The smallest absolute Gasteiger partial charge is 0.165 e. The van der Waals surface area contributed by atoms with Crippen LogP contribution in [-0.2, 0) is 6.42 Å². The molecule has 0 aromatic heterocycles. The predicted octanol–water partition coefficient (Wildman–Crippen LogP) is 2.78. The second-order valence-electron chi connectivity index (χ2n) is 4.38. The summed E-state index contributed by atoms with van der Waals surface area (Å²) in [7, 11) is 1.58. The minimum absolute atomic E-state index is 0.0129. The van der Waals surface area contributed by atoms with Crippen LogP contribution in [-0.4, -0.2) is 19.0 Å². The minimum atomic E-state index is -0.0129. The maximum atomic E-state index is 11.4. The maximum absolute atomic E-state index is 11.4. The van der Waals surface area contributed by atoms with E-state index in [1.54, 1.807) is 20.1 Å². The van der Waals surface area contributed by atoms with E-state index < -0.39 is 0 Å². The summed E-state index contributed by atoms with van der Waals surface area (Å²) >= 11 is 0. The van der Waals surface area contributed by atoms with Crippen molar-refractivity contribution in [1.29, 1.82) is 0 Å². The first-order valence-corrected chi connectivity index (χ1v) is 5.57. The summed E-state index contributed by atoms with van der Waals surface area (Å²) in [5.41, 5.74) is 2.65. The Balaban J connectivity index is 2.45. The Labute approximate surface area is 101 Å². The number of carbonyl (C=O) groups excluding carboxylic acids is 1. The lowest BCUT2D eigenvalue weighted by Gasteiger charge is -2.11. The van der Waals surface area contributed by atoms with E-state index in [0.29, 0.717) is 11.3 Å². The third-order valence-corrected chi connectivity index (χ3v) is 2.97. The van der Waals surface area contributed by atoms with Gasteiger partial charge >= 0.3 is 0 Å². The van der Waals surface area contributed by atoms with Gasteiger partial charge in [0.2, 0.25) is 0 Å². The van der Waals surface area contributed by atoms with E-state index in [9.17, 15) is 4.79 Å². The summed E-state index contributed by atoms with van der Waals surface area (Å²) in [6.07, 6.45) is 0.739. The van der Waals surface area contributed by atoms with Gasteiger partial charge in [-0.3, -0.25) is 4.79 Å². The van der Waals surface area contributed by atoms with Crippen LogP contribution in [0, 0.1) is 0 Å². The second kappa shape index (κ2) is 4.24. The molecular formula is C14H16O3. The largest absolute Gasteiger partial charge is 0.493 e. The number of rotatable bonds is 3. The summed E-state index contributed by atoms with van der Waals surface area (Å²) in [4.78, 5) is 11.4. The zero-order valence-corrected chi connectivity index (χ0v) is 10.4. The van der Waals surface area contributed by atoms with E-state index in [1.807, 2.05) is 13.0 Å². The summed E-state index contributed by atoms with van der Waals surface area (Å²) in [5, 5.41) is 0. The van der Waals surface area contributed by atoms with Crippen molar-refractivity contribution in [2.75, 3.05) is 7.11 Å². The van der Waals surface area contributed by atoms with Crippen LogP contribution in [0.2, 0.25) is 0 Å². The summed E-state index contributed by atoms with van der Waals surface area (Å²) in [6, 6.07) is 3.60. The molecule has 90 valence electrons. The van der Waals surface area contributed by atoms with Gasteiger partial charge in [0, 0.05) is 17.5 Å². The SMILES string of the molecule is C=C(C)C1Cc2cc(C(C)=O)cc(OC)c2O1. The molecule has 1 aliphatic heterocycles. The van der Waals surface area contributed by atoms with Gasteiger partial charge in [-0.05, 0) is 31.6 Å². The number of benzene rings is 1. The van der Waals surface area contributed by atoms with Gasteiger partial charge in [0.25, 0.3) is 0 Å². The Kier molecular flexibility index (Phi) is 2.92. The number of ketones is 1. The lowest BCUT2D eigenvalue weighted by atomic mass is 10.0. The first-order chi connectivity index (χ1) is 8.02. The zero-order valence-electron chi connectivity index (χ0n) is 10.4. The first kappa shape index (κ1) is 11.7. The Morgan fingerprint density at radius 1 is 1.47 bits per heavy atom. The van der Waals surface area contributed by atoms with Gasteiger partial charge in [-0.1, -0.05) is 6.58 Å². The predicted molar refractivity (Wildman–Crippen MR) is 65.9 cm³/mol. The number of hydrogen-bond donors (Lipinski definition) is 0. The second-order valence-corrected chi connectivity index (χ2v) is 4.38. The number of methoxy groups -OCH3 is 1. The number of Topliss-reactive ketones (excluding diaryl/α,β-unsaturated/α-hetero) is 1. The van der Waals surface area contributed by atoms with Crippen LogP contribution < -0.4 is 9.47 Å². The molecule has 3 heteroatoms. The van der Waals surface area contributed by atoms with Gasteiger partial charge in [0.15, 0.2) is 17.3 Å². The third-order valence-electron chi connectivity index (χ3n) is 2.97. The van der Waals surface area contributed by atoms with Crippen molar-refractivity contribution >= 4 is 5.78 Å². The van der Waals surface area contributed by atoms with Crippen LogP contribution >= 0.6 is 0 Å². The molecule has 1 unspecified atom stereocenters. The highest BCUT2D eigenvalue weighted by molar-refractivity contribution is 5.95. The molecule has 0 saturated heterocycles. The molecule has 0 saturated carbocycles. The first-order valence-electron chi connectivity index (χ1n) is 5.57. The number of fused-ring (bicyclic) bond motifs is 1. The molecule has 17 heavy (non-hydrogen) atoms. The highest BCUT2D eigenvalue weighted by Crippen LogP contribution is 2.40. The Bertz CT molecular complexity index is 488. The highest BCUT2D eigenvalue weighted by atomic mass is 16.5. The van der Waals surface area contributed by atoms with Crippen LogP contribution in [0.3, 0.4) is 0 Å². The van der Waals surface area contributed by atoms with Crippen molar-refractivity contribution in [3.63, 3.8) is 0 Å². The van der Waals surface area contributed by atoms with E-state index in [0.717, 1.165) is 23.3 Å². The van der Waals surface area contributed by atoms with E-state index >= 15 is 0 Å². The fourth-order valence-electron chi connectivity index (χ4n) is 1.96. The van der Waals surface area contributed by atoms with Crippen molar-refractivity contribution in [2.24, 2.45) is 0 Å². The molecule has 2 rings (SSSR count). The van der Waals surface area contributed by atoms with Crippen molar-refractivity contribution in [3.05, 3.63) is 35.4 Å². The van der Waals surface area contributed by atoms with Gasteiger partial charge in [-0.2, -0.15) is 0 Å². The quantitative estimate of drug-likeness (QED) is 0.593. The van der Waals surface area contributed by atoms with Crippen LogP contribution in [0.15, 0.2) is 24.3 Å². The molecule has 0 bridgehead atoms. The summed E-state index contributed by atoms with van der Waals surface area (Å²) in [5.74, 6) is 1.40. The molecule has 0 N–H and O–H groups in total. The normalized spacial score (nSPS) is 17.2. The Hall–Kier alpha value is -1.77. The van der Waals surface area contributed by atoms with Gasteiger partial charge in [-0.15, -0.1) is 0 Å². The molecule has 0 fully saturated rings. The van der Waals surface area contributed by atoms with Gasteiger partial charge in [0.05, 0.1) is 7.11 Å². The molecule has 0 aliphatic carbocycles. The molecule has 1 aliphatic rings. The topological polar surface area (TPSA) is 35.5 Å². The average Bonchev–Trinajstić information content (AvgIpc) is 2.71. The fraction of sp³-hybridized carbons (Fsp3) is 0.357. The maximum Gasteiger partial charge on any atom is 0.165 e. The van der Waals surface area contributed by atoms with Crippen LogP contribution in [0.5, 0.6) is 11.5 Å². The molecule has 1 aromatic rings. The third kappa shape index (κ3) is 2.05.